The number of aliphatic imine (C=N–C) groups is 1. The number of aromatic nitrogens is 3. The molecule has 0 amide bonds. The minimum absolute atomic E-state index is 0.112. The number of amidine groups is 1. The normalized spacial score (nSPS) is 24.2. The van der Waals surface area contributed by atoms with Crippen molar-refractivity contribution in [2.75, 3.05) is 19.1 Å². The van der Waals surface area contributed by atoms with Gasteiger partial charge in [0.2, 0.25) is 5.88 Å². The van der Waals surface area contributed by atoms with Gasteiger partial charge in [0.25, 0.3) is 6.02 Å². The van der Waals surface area contributed by atoms with Crippen molar-refractivity contribution in [1.82, 2.24) is 15.0 Å². The Morgan fingerprint density at radius 2 is 2.13 bits per heavy atom. The predicted molar refractivity (Wildman–Crippen MR) is 106 cm³/mol. The average molecular weight is 430 g/mol. The number of pyridine rings is 1. The fourth-order valence-electron chi connectivity index (χ4n) is 3.99. The number of anilines is 2. The first-order valence-corrected chi connectivity index (χ1v) is 9.46. The molecule has 1 fully saturated rings. The Bertz CT molecular complexity index is 1220. The number of methoxy groups -OCH3 is 1. The van der Waals surface area contributed by atoms with Crippen LogP contribution in [0.25, 0.3) is 11.0 Å². The maximum atomic E-state index is 15.6. The monoisotopic (exact) mass is 430 g/mol. The second kappa shape index (κ2) is 6.96. The van der Waals surface area contributed by atoms with Gasteiger partial charge in [0.1, 0.15) is 29.7 Å². The lowest BCUT2D eigenvalue weighted by Gasteiger charge is -2.32. The Kier molecular flexibility index (Phi) is 4.34. The number of nitrogens with two attached hydrogens (primary N) is 1. The average Bonchev–Trinajstić information content (AvgIpc) is 3.55. The summed E-state index contributed by atoms with van der Waals surface area (Å²) in [5, 5.41) is 2.81. The molecule has 5 rings (SSSR count). The van der Waals surface area contributed by atoms with E-state index in [-0.39, 0.29) is 17.5 Å². The van der Waals surface area contributed by atoms with Gasteiger partial charge in [0, 0.05) is 12.1 Å². The molecule has 2 aromatic heterocycles. The van der Waals surface area contributed by atoms with E-state index in [2.05, 4.69) is 25.3 Å². The number of nitrogens with zero attached hydrogens (tertiary/aromatic N) is 4. The highest BCUT2D eigenvalue weighted by Gasteiger charge is 2.61. The van der Waals surface area contributed by atoms with Crippen molar-refractivity contribution in [3.05, 3.63) is 47.8 Å². The third-order valence-electron chi connectivity index (χ3n) is 5.55. The molecule has 3 N–H and O–H groups in total. The van der Waals surface area contributed by atoms with E-state index in [1.807, 2.05) is 0 Å². The van der Waals surface area contributed by atoms with Gasteiger partial charge in [-0.2, -0.15) is 0 Å². The van der Waals surface area contributed by atoms with Crippen molar-refractivity contribution in [1.29, 1.82) is 0 Å². The number of hydrogen-bond donors (Lipinski definition) is 2. The number of hydrogen-bond acceptors (Lipinski definition) is 8. The maximum absolute atomic E-state index is 15.6. The van der Waals surface area contributed by atoms with E-state index >= 15 is 4.39 Å². The molecular weight excluding hydrogens is 413 g/mol. The summed E-state index contributed by atoms with van der Waals surface area (Å²) in [5.74, 6) is -1.91. The predicted octanol–water partition coefficient (Wildman–Crippen LogP) is 2.95. The lowest BCUT2D eigenvalue weighted by molar-refractivity contribution is 0.164. The molecule has 1 aliphatic heterocycles. The van der Waals surface area contributed by atoms with Crippen LogP contribution in [0.2, 0.25) is 0 Å². The summed E-state index contributed by atoms with van der Waals surface area (Å²) in [6, 6.07) is 3.59. The number of fused-ring (bicyclic) bond motifs is 2. The number of nitrogens with one attached hydrogen (secondary N) is 1. The van der Waals surface area contributed by atoms with Crippen molar-refractivity contribution < 1.29 is 22.6 Å². The number of rotatable bonds is 5. The zero-order chi connectivity index (χ0) is 21.8. The Morgan fingerprint density at radius 1 is 1.29 bits per heavy atom. The number of halogens is 3. The summed E-state index contributed by atoms with van der Waals surface area (Å²) in [7, 11) is 1.46. The SMILES string of the molecule is COc1cnc2c(Nc3ccc(F)c([C@@]4(CF)N=C(N)O[C@@H]5CC54)c3F)nccc2n1. The molecule has 0 saturated heterocycles. The van der Waals surface area contributed by atoms with Crippen molar-refractivity contribution >= 4 is 28.6 Å². The smallest absolute Gasteiger partial charge is 0.283 e. The van der Waals surface area contributed by atoms with Crippen LogP contribution in [-0.4, -0.2) is 40.9 Å². The summed E-state index contributed by atoms with van der Waals surface area (Å²) in [6.45, 7) is -1.12. The van der Waals surface area contributed by atoms with Gasteiger partial charge in [-0.15, -0.1) is 0 Å². The van der Waals surface area contributed by atoms with E-state index in [9.17, 15) is 8.78 Å². The fourth-order valence-corrected chi connectivity index (χ4v) is 3.99. The molecule has 3 aromatic rings. The van der Waals surface area contributed by atoms with Crippen LogP contribution in [0.4, 0.5) is 24.7 Å². The molecule has 1 unspecified atom stereocenters. The molecule has 0 bridgehead atoms. The first-order chi connectivity index (χ1) is 15.0. The zero-order valence-corrected chi connectivity index (χ0v) is 16.3. The van der Waals surface area contributed by atoms with Gasteiger partial charge in [0.05, 0.1) is 30.1 Å². The standard InChI is InChI=1S/C20H17F3N6O2/c1-30-14-7-26-17-12(27-14)4-5-25-18(17)28-11-3-2-10(22)15(16(11)23)20(8-21)9-6-13(9)31-19(24)29-20/h2-5,7,9,13H,6,8H2,1H3,(H2,24,29)(H,25,28)/t9?,13-,20+/m1/s1. The van der Waals surface area contributed by atoms with Crippen LogP contribution in [0.15, 0.2) is 35.6 Å². The highest BCUT2D eigenvalue weighted by Crippen LogP contribution is 2.54. The zero-order valence-electron chi connectivity index (χ0n) is 16.3. The van der Waals surface area contributed by atoms with E-state index in [0.29, 0.717) is 23.3 Å². The second-order valence-electron chi connectivity index (χ2n) is 7.36. The van der Waals surface area contributed by atoms with Crippen LogP contribution in [0.3, 0.4) is 0 Å². The highest BCUT2D eigenvalue weighted by molar-refractivity contribution is 5.87. The van der Waals surface area contributed by atoms with E-state index in [0.717, 1.165) is 6.07 Å². The molecule has 0 radical (unpaired) electrons. The molecule has 2 aliphatic rings. The number of alkyl halides is 1. The van der Waals surface area contributed by atoms with Crippen LogP contribution in [0, 0.1) is 17.6 Å². The number of benzene rings is 1. The van der Waals surface area contributed by atoms with E-state index < -0.39 is 41.4 Å². The van der Waals surface area contributed by atoms with Gasteiger partial charge in [-0.25, -0.2) is 33.1 Å². The molecule has 1 aliphatic carbocycles. The maximum Gasteiger partial charge on any atom is 0.283 e. The largest absolute Gasteiger partial charge is 0.480 e. The van der Waals surface area contributed by atoms with E-state index in [1.165, 1.54) is 25.6 Å². The quantitative estimate of drug-likeness (QED) is 0.641. The lowest BCUT2D eigenvalue weighted by atomic mass is 9.85. The molecule has 31 heavy (non-hydrogen) atoms. The molecule has 3 heterocycles. The first-order valence-electron chi connectivity index (χ1n) is 9.46. The summed E-state index contributed by atoms with van der Waals surface area (Å²) in [5.41, 5.74) is 4.08. The first kappa shape index (κ1) is 19.3. The summed E-state index contributed by atoms with van der Waals surface area (Å²) >= 11 is 0. The van der Waals surface area contributed by atoms with E-state index in [1.54, 1.807) is 6.07 Å². The summed E-state index contributed by atoms with van der Waals surface area (Å²) < 4.78 is 55.0. The molecule has 1 aromatic carbocycles. The lowest BCUT2D eigenvalue weighted by Crippen LogP contribution is -2.40. The molecule has 3 atom stereocenters. The molecular formula is C20H17F3N6O2. The fraction of sp³-hybridized carbons (Fsp3) is 0.300. The van der Waals surface area contributed by atoms with Crippen LogP contribution in [0.1, 0.15) is 12.0 Å². The van der Waals surface area contributed by atoms with Gasteiger partial charge >= 0.3 is 0 Å². The Morgan fingerprint density at radius 3 is 2.90 bits per heavy atom. The third-order valence-corrected chi connectivity index (χ3v) is 5.55. The molecule has 8 nitrogen and oxygen atoms in total. The summed E-state index contributed by atoms with van der Waals surface area (Å²) in [6.07, 6.45) is 2.86. The minimum atomic E-state index is -1.78. The van der Waals surface area contributed by atoms with Crippen LogP contribution in [-0.2, 0) is 10.3 Å². The Hall–Kier alpha value is -3.63. The van der Waals surface area contributed by atoms with Gasteiger partial charge in [0.15, 0.2) is 11.6 Å². The van der Waals surface area contributed by atoms with Gasteiger partial charge in [-0.05, 0) is 24.6 Å². The van der Waals surface area contributed by atoms with Gasteiger partial charge < -0.3 is 20.5 Å². The van der Waals surface area contributed by atoms with Gasteiger partial charge in [-0.1, -0.05) is 0 Å². The molecule has 11 heteroatoms. The molecule has 1 saturated carbocycles. The van der Waals surface area contributed by atoms with Crippen molar-refractivity contribution in [2.45, 2.75) is 18.1 Å². The van der Waals surface area contributed by atoms with Crippen molar-refractivity contribution in [3.63, 3.8) is 0 Å². The van der Waals surface area contributed by atoms with Crippen LogP contribution < -0.4 is 15.8 Å². The topological polar surface area (TPSA) is 108 Å². The van der Waals surface area contributed by atoms with Crippen molar-refractivity contribution in [3.8, 4) is 5.88 Å². The molecule has 0 spiro atoms. The van der Waals surface area contributed by atoms with Crippen LogP contribution in [0.5, 0.6) is 5.88 Å². The van der Waals surface area contributed by atoms with Gasteiger partial charge in [-0.3, -0.25) is 0 Å². The van der Waals surface area contributed by atoms with Crippen LogP contribution >= 0.6 is 0 Å². The highest BCUT2D eigenvalue weighted by atomic mass is 19.1. The summed E-state index contributed by atoms with van der Waals surface area (Å²) in [4.78, 5) is 16.7. The molecule has 160 valence electrons. The second-order valence-corrected chi connectivity index (χ2v) is 7.36. The van der Waals surface area contributed by atoms with Crippen molar-refractivity contribution in [2.24, 2.45) is 16.6 Å². The van der Waals surface area contributed by atoms with E-state index in [4.69, 9.17) is 15.2 Å². The third kappa shape index (κ3) is 2.99. The number of ether oxygens (including phenoxy) is 2. The minimum Gasteiger partial charge on any atom is -0.480 e. The Balaban J connectivity index is 1.60. The Labute approximate surface area is 174 Å².